The average molecular weight is 305 g/mol. The summed E-state index contributed by atoms with van der Waals surface area (Å²) in [5.41, 5.74) is 3.41. The summed E-state index contributed by atoms with van der Waals surface area (Å²) >= 11 is 0. The van der Waals surface area contributed by atoms with Crippen LogP contribution in [0.1, 0.15) is 61.1 Å². The molecule has 2 aromatic rings. The lowest BCUT2D eigenvalue weighted by Crippen LogP contribution is -2.19. The highest BCUT2D eigenvalue weighted by Crippen LogP contribution is 2.28. The Morgan fingerprint density at radius 1 is 1.32 bits per heavy atom. The Morgan fingerprint density at radius 3 is 2.50 bits per heavy atom. The molecule has 0 unspecified atom stereocenters. The van der Waals surface area contributed by atoms with E-state index in [1.807, 2.05) is 25.6 Å². The van der Waals surface area contributed by atoms with Gasteiger partial charge in [-0.05, 0) is 32.8 Å². The quantitative estimate of drug-likeness (QED) is 0.885. The lowest BCUT2D eigenvalue weighted by molar-refractivity contribution is 0.367. The van der Waals surface area contributed by atoms with E-state index in [2.05, 4.69) is 37.3 Å². The summed E-state index contributed by atoms with van der Waals surface area (Å²) in [6.45, 7) is 11.1. The second-order valence-corrected chi connectivity index (χ2v) is 6.12. The van der Waals surface area contributed by atoms with Crippen molar-refractivity contribution in [1.82, 2.24) is 15.1 Å². The molecular weight excluding hydrogens is 278 g/mol. The fraction of sp³-hybridized carbons (Fsp3) is 0.588. The zero-order valence-electron chi connectivity index (χ0n) is 14.7. The van der Waals surface area contributed by atoms with E-state index in [9.17, 15) is 0 Å². The molecule has 22 heavy (non-hydrogen) atoms. The fourth-order valence-corrected chi connectivity index (χ4v) is 2.90. The van der Waals surface area contributed by atoms with Crippen LogP contribution >= 0.6 is 0 Å². The van der Waals surface area contributed by atoms with E-state index in [1.54, 1.807) is 7.11 Å². The highest BCUT2D eigenvalue weighted by Gasteiger charge is 2.20. The molecule has 2 rings (SSSR count). The first-order valence-electron chi connectivity index (χ1n) is 7.75. The Balaban J connectivity index is 2.19. The maximum atomic E-state index is 5.62. The Kier molecular flexibility index (Phi) is 4.96. The van der Waals surface area contributed by atoms with Crippen molar-refractivity contribution >= 4 is 0 Å². The molecule has 0 aliphatic rings. The lowest BCUT2D eigenvalue weighted by Gasteiger charge is -2.14. The van der Waals surface area contributed by atoms with E-state index in [-0.39, 0.29) is 6.04 Å². The molecule has 0 spiro atoms. The van der Waals surface area contributed by atoms with Gasteiger partial charge in [0.25, 0.3) is 0 Å². The van der Waals surface area contributed by atoms with Crippen LogP contribution < -0.4 is 10.1 Å². The van der Waals surface area contributed by atoms with Crippen LogP contribution in [-0.2, 0) is 13.6 Å². The second kappa shape index (κ2) is 6.57. The van der Waals surface area contributed by atoms with E-state index >= 15 is 0 Å². The number of hydrogen-bond acceptors (Lipinski definition) is 4. The highest BCUT2D eigenvalue weighted by molar-refractivity contribution is 5.34. The molecule has 5 nitrogen and oxygen atoms in total. The van der Waals surface area contributed by atoms with Gasteiger partial charge in [0, 0.05) is 25.2 Å². The van der Waals surface area contributed by atoms with Crippen molar-refractivity contribution < 1.29 is 9.15 Å². The summed E-state index contributed by atoms with van der Waals surface area (Å²) in [4.78, 5) is 0. The molecule has 0 saturated heterocycles. The summed E-state index contributed by atoms with van der Waals surface area (Å²) < 4.78 is 12.9. The van der Waals surface area contributed by atoms with Crippen LogP contribution in [-0.4, -0.2) is 16.9 Å². The smallest absolute Gasteiger partial charge is 0.216 e. The molecule has 5 heteroatoms. The van der Waals surface area contributed by atoms with Crippen LogP contribution in [0.5, 0.6) is 5.88 Å². The molecule has 0 radical (unpaired) electrons. The Labute approximate surface area is 132 Å². The third kappa shape index (κ3) is 3.19. The number of furan rings is 1. The summed E-state index contributed by atoms with van der Waals surface area (Å²) in [7, 11) is 3.61. The predicted molar refractivity (Wildman–Crippen MR) is 87.3 cm³/mol. The van der Waals surface area contributed by atoms with Gasteiger partial charge in [-0.15, -0.1) is 0 Å². The van der Waals surface area contributed by atoms with Crippen molar-refractivity contribution in [3.05, 3.63) is 34.4 Å². The number of methoxy groups -OCH3 is 1. The van der Waals surface area contributed by atoms with Crippen molar-refractivity contribution in [3.63, 3.8) is 0 Å². The molecule has 2 heterocycles. The van der Waals surface area contributed by atoms with Crippen LogP contribution in [0.2, 0.25) is 0 Å². The molecule has 0 bridgehead atoms. The Bertz CT molecular complexity index is 641. The van der Waals surface area contributed by atoms with E-state index in [0.717, 1.165) is 35.2 Å². The van der Waals surface area contributed by atoms with Gasteiger partial charge in [-0.25, -0.2) is 4.68 Å². The number of rotatable bonds is 6. The number of nitrogens with one attached hydrogen (secondary N) is 1. The van der Waals surface area contributed by atoms with E-state index < -0.39 is 0 Å². The molecule has 0 amide bonds. The maximum Gasteiger partial charge on any atom is 0.216 e. The number of hydrogen-bond donors (Lipinski definition) is 1. The normalized spacial score (nSPS) is 12.9. The van der Waals surface area contributed by atoms with Crippen LogP contribution in [0.3, 0.4) is 0 Å². The molecule has 122 valence electrons. The van der Waals surface area contributed by atoms with Crippen molar-refractivity contribution in [2.24, 2.45) is 7.05 Å². The summed E-state index contributed by atoms with van der Waals surface area (Å²) in [5, 5.41) is 8.15. The molecule has 0 saturated carbocycles. The fourth-order valence-electron chi connectivity index (χ4n) is 2.90. The van der Waals surface area contributed by atoms with Gasteiger partial charge >= 0.3 is 0 Å². The second-order valence-electron chi connectivity index (χ2n) is 6.12. The first-order valence-corrected chi connectivity index (χ1v) is 7.75. The van der Waals surface area contributed by atoms with Gasteiger partial charge in [-0.3, -0.25) is 0 Å². The first-order chi connectivity index (χ1) is 10.3. The van der Waals surface area contributed by atoms with Gasteiger partial charge in [-0.2, -0.15) is 5.10 Å². The Morgan fingerprint density at radius 2 is 2.00 bits per heavy atom. The third-order valence-electron chi connectivity index (χ3n) is 3.99. The van der Waals surface area contributed by atoms with Gasteiger partial charge in [0.15, 0.2) is 0 Å². The molecular formula is C17H27N3O2. The monoisotopic (exact) mass is 305 g/mol. The number of nitrogens with zero attached hydrogens (tertiary/aromatic N) is 2. The van der Waals surface area contributed by atoms with E-state index in [4.69, 9.17) is 9.15 Å². The van der Waals surface area contributed by atoms with Crippen molar-refractivity contribution in [2.45, 2.75) is 53.1 Å². The molecule has 0 aliphatic carbocycles. The zero-order valence-corrected chi connectivity index (χ0v) is 14.7. The molecule has 0 aliphatic heterocycles. The standard InChI is InChI=1S/C17H27N3O2/c1-10(2)16-15(17(21-7)20(6)19-16)9-18-12(4)14-8-11(3)22-13(14)5/h8,10,12,18H,9H2,1-7H3/t12-/m0/s1. The van der Waals surface area contributed by atoms with Gasteiger partial charge in [0.1, 0.15) is 11.5 Å². The lowest BCUT2D eigenvalue weighted by atomic mass is 10.0. The zero-order chi connectivity index (χ0) is 16.4. The van der Waals surface area contributed by atoms with Gasteiger partial charge in [0.05, 0.1) is 18.4 Å². The van der Waals surface area contributed by atoms with Crippen molar-refractivity contribution in [3.8, 4) is 5.88 Å². The number of aromatic nitrogens is 2. The minimum absolute atomic E-state index is 0.211. The first kappa shape index (κ1) is 16.6. The van der Waals surface area contributed by atoms with Crippen LogP contribution in [0.25, 0.3) is 0 Å². The number of ether oxygens (including phenoxy) is 1. The van der Waals surface area contributed by atoms with Gasteiger partial charge in [-0.1, -0.05) is 13.8 Å². The molecule has 1 N–H and O–H groups in total. The SMILES string of the molecule is COc1c(CN[C@@H](C)c2cc(C)oc2C)c(C(C)C)nn1C. The average Bonchev–Trinajstić information content (AvgIpc) is 2.95. The summed E-state index contributed by atoms with van der Waals surface area (Å²) in [6, 6.07) is 2.30. The van der Waals surface area contributed by atoms with Crippen LogP contribution in [0.15, 0.2) is 10.5 Å². The molecule has 2 aromatic heterocycles. The Hall–Kier alpha value is -1.75. The topological polar surface area (TPSA) is 52.2 Å². The maximum absolute atomic E-state index is 5.62. The van der Waals surface area contributed by atoms with Gasteiger partial charge < -0.3 is 14.5 Å². The third-order valence-corrected chi connectivity index (χ3v) is 3.99. The highest BCUT2D eigenvalue weighted by atomic mass is 16.5. The van der Waals surface area contributed by atoms with Crippen LogP contribution in [0, 0.1) is 13.8 Å². The van der Waals surface area contributed by atoms with Crippen molar-refractivity contribution in [2.75, 3.05) is 7.11 Å². The summed E-state index contributed by atoms with van der Waals surface area (Å²) in [6.07, 6.45) is 0. The van der Waals surface area contributed by atoms with Gasteiger partial charge in [0.2, 0.25) is 5.88 Å². The van der Waals surface area contributed by atoms with Crippen molar-refractivity contribution in [1.29, 1.82) is 0 Å². The molecule has 0 fully saturated rings. The van der Waals surface area contributed by atoms with E-state index in [0.29, 0.717) is 5.92 Å². The minimum Gasteiger partial charge on any atom is -0.481 e. The van der Waals surface area contributed by atoms with E-state index in [1.165, 1.54) is 5.56 Å². The molecule has 1 atom stereocenters. The predicted octanol–water partition coefficient (Wildman–Crippen LogP) is 3.61. The van der Waals surface area contributed by atoms with Crippen LogP contribution in [0.4, 0.5) is 0 Å². The number of aryl methyl sites for hydroxylation is 3. The minimum atomic E-state index is 0.211. The molecule has 0 aromatic carbocycles. The largest absolute Gasteiger partial charge is 0.481 e. The summed E-state index contributed by atoms with van der Waals surface area (Å²) in [5.74, 6) is 3.10.